The lowest BCUT2D eigenvalue weighted by molar-refractivity contribution is -0.122. The zero-order valence-corrected chi connectivity index (χ0v) is 18.7. The maximum atomic E-state index is 13.3. The first-order chi connectivity index (χ1) is 15.2. The number of rotatable bonds is 5. The number of aromatic nitrogens is 1. The highest BCUT2D eigenvalue weighted by molar-refractivity contribution is 8.18. The Labute approximate surface area is 189 Å². The predicted molar refractivity (Wildman–Crippen MR) is 132 cm³/mol. The maximum absolute atomic E-state index is 13.3. The molecule has 4 nitrogen and oxygen atoms in total. The van der Waals surface area contributed by atoms with E-state index in [4.69, 9.17) is 4.99 Å². The Morgan fingerprint density at radius 2 is 1.84 bits per heavy atom. The van der Waals surface area contributed by atoms with E-state index in [-0.39, 0.29) is 5.91 Å². The van der Waals surface area contributed by atoms with E-state index in [0.29, 0.717) is 6.54 Å². The SMILES string of the molecule is Cc1ccc(C=C2SC(=Nc3ccccc3)N(CCc3c[nH]c4ccccc34)C2=O)s1. The minimum Gasteiger partial charge on any atom is -0.361 e. The number of hydrogen-bond donors (Lipinski definition) is 1. The molecule has 6 heteroatoms. The Hall–Kier alpha value is -3.09. The molecule has 0 saturated carbocycles. The fourth-order valence-corrected chi connectivity index (χ4v) is 5.54. The number of amides is 1. The summed E-state index contributed by atoms with van der Waals surface area (Å²) in [6.07, 6.45) is 4.78. The normalized spacial score (nSPS) is 16.8. The second-order valence-electron chi connectivity index (χ2n) is 7.36. The number of nitrogens with zero attached hydrogens (tertiary/aromatic N) is 2. The number of fused-ring (bicyclic) bond motifs is 1. The lowest BCUT2D eigenvalue weighted by Gasteiger charge is -2.15. The molecule has 5 rings (SSSR count). The van der Waals surface area contributed by atoms with Crippen molar-refractivity contribution in [1.82, 2.24) is 9.88 Å². The molecule has 1 fully saturated rings. The van der Waals surface area contributed by atoms with Crippen LogP contribution < -0.4 is 0 Å². The Balaban J connectivity index is 1.45. The summed E-state index contributed by atoms with van der Waals surface area (Å²) in [5.74, 6) is 0.0191. The number of para-hydroxylation sites is 2. The van der Waals surface area contributed by atoms with Crippen molar-refractivity contribution in [3.05, 3.63) is 93.1 Å². The van der Waals surface area contributed by atoms with E-state index in [0.717, 1.165) is 32.6 Å². The summed E-state index contributed by atoms with van der Waals surface area (Å²) in [5.41, 5.74) is 3.17. The van der Waals surface area contributed by atoms with Crippen molar-refractivity contribution in [2.24, 2.45) is 4.99 Å². The van der Waals surface area contributed by atoms with Crippen LogP contribution in [-0.2, 0) is 11.2 Å². The lowest BCUT2D eigenvalue weighted by atomic mass is 10.1. The summed E-state index contributed by atoms with van der Waals surface area (Å²) in [6, 6.07) is 22.2. The predicted octanol–water partition coefficient (Wildman–Crippen LogP) is 6.38. The Morgan fingerprint density at radius 3 is 2.65 bits per heavy atom. The van der Waals surface area contributed by atoms with Crippen LogP contribution in [0.3, 0.4) is 0 Å². The number of hydrogen-bond acceptors (Lipinski definition) is 4. The average Bonchev–Trinajstić information content (AvgIpc) is 3.46. The minimum atomic E-state index is 0.0191. The Kier molecular flexibility index (Phi) is 5.49. The molecule has 0 atom stereocenters. The molecule has 3 heterocycles. The van der Waals surface area contributed by atoms with E-state index in [1.807, 2.05) is 59.6 Å². The van der Waals surface area contributed by atoms with E-state index >= 15 is 0 Å². The Morgan fingerprint density at radius 1 is 1.03 bits per heavy atom. The van der Waals surface area contributed by atoms with Crippen LogP contribution in [0.4, 0.5) is 5.69 Å². The van der Waals surface area contributed by atoms with Gasteiger partial charge in [0.2, 0.25) is 0 Å². The smallest absolute Gasteiger partial charge is 0.266 e. The molecule has 2 aromatic carbocycles. The van der Waals surface area contributed by atoms with Crippen molar-refractivity contribution in [2.75, 3.05) is 6.54 Å². The van der Waals surface area contributed by atoms with Crippen molar-refractivity contribution < 1.29 is 4.79 Å². The molecule has 0 aliphatic carbocycles. The van der Waals surface area contributed by atoms with Gasteiger partial charge in [0.25, 0.3) is 5.91 Å². The van der Waals surface area contributed by atoms with Crippen molar-refractivity contribution in [2.45, 2.75) is 13.3 Å². The summed E-state index contributed by atoms with van der Waals surface area (Å²) in [6.45, 7) is 2.66. The van der Waals surface area contributed by atoms with Gasteiger partial charge in [0.05, 0.1) is 10.6 Å². The molecule has 2 aromatic heterocycles. The summed E-state index contributed by atoms with van der Waals surface area (Å²) < 4.78 is 0. The van der Waals surface area contributed by atoms with Gasteiger partial charge >= 0.3 is 0 Å². The number of amidine groups is 1. The van der Waals surface area contributed by atoms with Gasteiger partial charge in [-0.25, -0.2) is 4.99 Å². The van der Waals surface area contributed by atoms with Crippen molar-refractivity contribution in [3.8, 4) is 0 Å². The number of aliphatic imine (C=N–C) groups is 1. The molecule has 0 unspecified atom stereocenters. The third-order valence-electron chi connectivity index (χ3n) is 5.18. The number of benzene rings is 2. The van der Waals surface area contributed by atoms with E-state index in [9.17, 15) is 4.79 Å². The second-order valence-corrected chi connectivity index (χ2v) is 9.68. The molecule has 1 N–H and O–H groups in total. The van der Waals surface area contributed by atoms with Crippen LogP contribution in [-0.4, -0.2) is 27.5 Å². The fourth-order valence-electron chi connectivity index (χ4n) is 3.63. The molecule has 1 saturated heterocycles. The van der Waals surface area contributed by atoms with Crippen molar-refractivity contribution >= 4 is 56.8 Å². The third-order valence-corrected chi connectivity index (χ3v) is 7.14. The standard InChI is InChI=1S/C25H21N3OS2/c1-17-11-12-20(30-17)15-23-24(29)28(25(31-23)27-19-7-3-2-4-8-19)14-13-18-16-26-22-10-6-5-9-21(18)22/h2-12,15-16,26H,13-14H2,1H3. The van der Waals surface area contributed by atoms with Crippen LogP contribution in [0.15, 0.2) is 82.8 Å². The minimum absolute atomic E-state index is 0.0191. The number of thioether (sulfide) groups is 1. The second kappa shape index (κ2) is 8.57. The molecule has 0 radical (unpaired) electrons. The van der Waals surface area contributed by atoms with Gasteiger partial charge in [-0.1, -0.05) is 36.4 Å². The van der Waals surface area contributed by atoms with Crippen LogP contribution in [0.25, 0.3) is 17.0 Å². The van der Waals surface area contributed by atoms with Crippen LogP contribution in [0, 0.1) is 6.92 Å². The molecule has 31 heavy (non-hydrogen) atoms. The number of thiophene rings is 1. The molecule has 0 bridgehead atoms. The molecule has 154 valence electrons. The molecule has 4 aromatic rings. The highest BCUT2D eigenvalue weighted by atomic mass is 32.2. The zero-order valence-electron chi connectivity index (χ0n) is 17.0. The fraction of sp³-hybridized carbons (Fsp3) is 0.120. The van der Waals surface area contributed by atoms with E-state index in [1.54, 1.807) is 11.3 Å². The van der Waals surface area contributed by atoms with Gasteiger partial charge < -0.3 is 4.98 Å². The number of H-pyrrole nitrogens is 1. The monoisotopic (exact) mass is 443 g/mol. The van der Waals surface area contributed by atoms with Crippen LogP contribution in [0.1, 0.15) is 15.3 Å². The van der Waals surface area contributed by atoms with E-state index in [1.165, 1.54) is 27.6 Å². The largest absolute Gasteiger partial charge is 0.361 e. The maximum Gasteiger partial charge on any atom is 0.266 e. The van der Waals surface area contributed by atoms with Gasteiger partial charge in [0, 0.05) is 33.4 Å². The Bertz CT molecular complexity index is 1300. The molecule has 1 amide bonds. The number of aromatic amines is 1. The van der Waals surface area contributed by atoms with Crippen molar-refractivity contribution in [1.29, 1.82) is 0 Å². The van der Waals surface area contributed by atoms with Gasteiger partial charge in [0.15, 0.2) is 5.17 Å². The van der Waals surface area contributed by atoms with Gasteiger partial charge in [-0.2, -0.15) is 0 Å². The highest BCUT2D eigenvalue weighted by Gasteiger charge is 2.33. The summed E-state index contributed by atoms with van der Waals surface area (Å²) >= 11 is 3.14. The molecule has 1 aliphatic heterocycles. The highest BCUT2D eigenvalue weighted by Crippen LogP contribution is 2.35. The third kappa shape index (κ3) is 4.22. The molecule has 1 aliphatic rings. The summed E-state index contributed by atoms with van der Waals surface area (Å²) in [4.78, 5) is 26.3. The first-order valence-corrected chi connectivity index (χ1v) is 11.8. The quantitative estimate of drug-likeness (QED) is 0.364. The van der Waals surface area contributed by atoms with Crippen LogP contribution in [0.5, 0.6) is 0 Å². The van der Waals surface area contributed by atoms with Crippen molar-refractivity contribution in [3.63, 3.8) is 0 Å². The van der Waals surface area contributed by atoms with Gasteiger partial charge in [-0.3, -0.25) is 9.69 Å². The molecular formula is C25H21N3OS2. The first kappa shape index (κ1) is 19.8. The van der Waals surface area contributed by atoms with Gasteiger partial charge in [-0.05, 0) is 67.1 Å². The summed E-state index contributed by atoms with van der Waals surface area (Å²) in [5, 5.41) is 1.93. The van der Waals surface area contributed by atoms with Crippen LogP contribution >= 0.6 is 23.1 Å². The first-order valence-electron chi connectivity index (χ1n) is 10.1. The molecule has 0 spiro atoms. The van der Waals surface area contributed by atoms with Gasteiger partial charge in [0.1, 0.15) is 0 Å². The number of aryl methyl sites for hydroxylation is 1. The van der Waals surface area contributed by atoms with Crippen LogP contribution in [0.2, 0.25) is 0 Å². The zero-order chi connectivity index (χ0) is 21.2. The van der Waals surface area contributed by atoms with E-state index in [2.05, 4.69) is 36.2 Å². The average molecular weight is 444 g/mol. The van der Waals surface area contributed by atoms with Gasteiger partial charge in [-0.15, -0.1) is 11.3 Å². The number of nitrogens with one attached hydrogen (secondary N) is 1. The number of carbonyl (C=O) groups is 1. The molecular weight excluding hydrogens is 422 g/mol. The summed E-state index contributed by atoms with van der Waals surface area (Å²) in [7, 11) is 0. The lowest BCUT2D eigenvalue weighted by Crippen LogP contribution is -2.31. The number of carbonyl (C=O) groups excluding carboxylic acids is 1. The van der Waals surface area contributed by atoms with E-state index < -0.39 is 0 Å². The topological polar surface area (TPSA) is 48.5 Å².